The summed E-state index contributed by atoms with van der Waals surface area (Å²) in [6.45, 7) is 1.60. The molecule has 2 aromatic heterocycles. The van der Waals surface area contributed by atoms with Crippen molar-refractivity contribution in [3.05, 3.63) is 27.9 Å². The topological polar surface area (TPSA) is 98.8 Å². The number of aromatic amines is 2. The van der Waals surface area contributed by atoms with E-state index in [-0.39, 0.29) is 22.2 Å². The van der Waals surface area contributed by atoms with Gasteiger partial charge in [0, 0.05) is 6.20 Å². The molecule has 0 fully saturated rings. The van der Waals surface area contributed by atoms with Crippen LogP contribution in [0.15, 0.2) is 11.0 Å². The summed E-state index contributed by atoms with van der Waals surface area (Å²) in [6, 6.07) is 0. The number of aromatic nitrogens is 3. The van der Waals surface area contributed by atoms with Crippen LogP contribution in [0.1, 0.15) is 16.2 Å². The molecular formula is C8H7N3O3. The molecule has 0 amide bonds. The Hall–Kier alpha value is -2.11. The molecule has 0 bridgehead atoms. The van der Waals surface area contributed by atoms with E-state index in [1.807, 2.05) is 0 Å². The van der Waals surface area contributed by atoms with Crippen molar-refractivity contribution < 1.29 is 9.90 Å². The molecule has 0 saturated heterocycles. The van der Waals surface area contributed by atoms with Gasteiger partial charge in [0.25, 0.3) is 5.56 Å². The van der Waals surface area contributed by atoms with E-state index in [0.717, 1.165) is 0 Å². The fourth-order valence-electron chi connectivity index (χ4n) is 1.29. The molecule has 14 heavy (non-hydrogen) atoms. The molecule has 0 saturated carbocycles. The average molecular weight is 193 g/mol. The Morgan fingerprint density at radius 2 is 2.29 bits per heavy atom. The lowest BCUT2D eigenvalue weighted by molar-refractivity contribution is 0.0699. The van der Waals surface area contributed by atoms with E-state index in [1.165, 1.54) is 6.20 Å². The number of aryl methyl sites for hydroxylation is 1. The number of fused-ring (bicyclic) bond motifs is 1. The Labute approximate surface area is 77.6 Å². The second-order valence-electron chi connectivity index (χ2n) is 2.88. The number of carbonyl (C=O) groups is 1. The van der Waals surface area contributed by atoms with Crippen molar-refractivity contribution in [1.82, 2.24) is 15.0 Å². The first kappa shape index (κ1) is 8.49. The predicted molar refractivity (Wildman–Crippen MR) is 48.4 cm³/mol. The summed E-state index contributed by atoms with van der Waals surface area (Å²) in [6.07, 6.45) is 1.26. The molecule has 72 valence electrons. The second kappa shape index (κ2) is 2.69. The summed E-state index contributed by atoms with van der Waals surface area (Å²) in [7, 11) is 0. The molecule has 0 atom stereocenters. The minimum absolute atomic E-state index is 0.00852. The van der Waals surface area contributed by atoms with Gasteiger partial charge < -0.3 is 15.1 Å². The van der Waals surface area contributed by atoms with Gasteiger partial charge in [-0.1, -0.05) is 0 Å². The van der Waals surface area contributed by atoms with Crippen molar-refractivity contribution in [3.8, 4) is 0 Å². The second-order valence-corrected chi connectivity index (χ2v) is 2.88. The highest BCUT2D eigenvalue weighted by molar-refractivity contribution is 6.00. The summed E-state index contributed by atoms with van der Waals surface area (Å²) in [4.78, 5) is 31.0. The SMILES string of the molecule is Cc1nc2c(C(=O)O)c[nH]c2c(=O)[nH]1. The quantitative estimate of drug-likeness (QED) is 0.604. The van der Waals surface area contributed by atoms with Crippen LogP contribution in [0.4, 0.5) is 0 Å². The molecule has 0 spiro atoms. The molecule has 0 aliphatic carbocycles. The normalized spacial score (nSPS) is 10.6. The lowest BCUT2D eigenvalue weighted by atomic mass is 10.3. The van der Waals surface area contributed by atoms with Crippen LogP contribution in [-0.4, -0.2) is 26.0 Å². The molecule has 3 N–H and O–H groups in total. The third kappa shape index (κ3) is 1.08. The maximum Gasteiger partial charge on any atom is 0.339 e. The number of carboxylic acid groups (broad SMARTS) is 1. The summed E-state index contributed by atoms with van der Waals surface area (Å²) in [5, 5.41) is 8.78. The largest absolute Gasteiger partial charge is 0.478 e. The zero-order valence-electron chi connectivity index (χ0n) is 7.29. The summed E-state index contributed by atoms with van der Waals surface area (Å²) in [5.41, 5.74) is 0.0287. The maximum absolute atomic E-state index is 11.3. The van der Waals surface area contributed by atoms with Gasteiger partial charge in [-0.25, -0.2) is 9.78 Å². The zero-order valence-corrected chi connectivity index (χ0v) is 7.29. The Balaban J connectivity index is 2.92. The molecule has 6 heteroatoms. The van der Waals surface area contributed by atoms with Crippen LogP contribution in [0.3, 0.4) is 0 Å². The first-order chi connectivity index (χ1) is 6.59. The minimum atomic E-state index is -1.10. The van der Waals surface area contributed by atoms with Crippen molar-refractivity contribution in [3.63, 3.8) is 0 Å². The van der Waals surface area contributed by atoms with Crippen LogP contribution in [0.2, 0.25) is 0 Å². The van der Waals surface area contributed by atoms with Gasteiger partial charge in [0.1, 0.15) is 22.4 Å². The summed E-state index contributed by atoms with van der Waals surface area (Å²) >= 11 is 0. The van der Waals surface area contributed by atoms with Crippen molar-refractivity contribution >= 4 is 17.0 Å². The Morgan fingerprint density at radius 3 is 2.93 bits per heavy atom. The molecule has 6 nitrogen and oxygen atoms in total. The smallest absolute Gasteiger partial charge is 0.339 e. The monoisotopic (exact) mass is 193 g/mol. The van der Waals surface area contributed by atoms with Crippen molar-refractivity contribution in [2.45, 2.75) is 6.92 Å². The number of nitrogens with one attached hydrogen (secondary N) is 2. The van der Waals surface area contributed by atoms with Gasteiger partial charge in [0.05, 0.1) is 0 Å². The molecular weight excluding hydrogens is 186 g/mol. The Morgan fingerprint density at radius 1 is 1.57 bits per heavy atom. The van der Waals surface area contributed by atoms with Crippen molar-refractivity contribution in [2.24, 2.45) is 0 Å². The number of carboxylic acids is 1. The van der Waals surface area contributed by atoms with E-state index in [9.17, 15) is 9.59 Å². The number of hydrogen-bond donors (Lipinski definition) is 3. The Bertz CT molecular complexity index is 567. The fraction of sp³-hybridized carbons (Fsp3) is 0.125. The van der Waals surface area contributed by atoms with Crippen LogP contribution in [-0.2, 0) is 0 Å². The van der Waals surface area contributed by atoms with Crippen LogP contribution in [0.25, 0.3) is 11.0 Å². The van der Waals surface area contributed by atoms with Gasteiger partial charge in [-0.05, 0) is 6.92 Å². The van der Waals surface area contributed by atoms with E-state index >= 15 is 0 Å². The number of rotatable bonds is 1. The summed E-state index contributed by atoms with van der Waals surface area (Å²) < 4.78 is 0. The lowest BCUT2D eigenvalue weighted by Gasteiger charge is -1.93. The molecule has 0 radical (unpaired) electrons. The molecule has 2 rings (SSSR count). The van der Waals surface area contributed by atoms with Crippen LogP contribution < -0.4 is 5.56 Å². The molecule has 0 aliphatic rings. The van der Waals surface area contributed by atoms with Gasteiger partial charge in [-0.2, -0.15) is 0 Å². The number of hydrogen-bond acceptors (Lipinski definition) is 3. The maximum atomic E-state index is 11.3. The van der Waals surface area contributed by atoms with E-state index in [1.54, 1.807) is 6.92 Å². The van der Waals surface area contributed by atoms with Crippen molar-refractivity contribution in [2.75, 3.05) is 0 Å². The van der Waals surface area contributed by atoms with E-state index < -0.39 is 5.97 Å². The highest BCUT2D eigenvalue weighted by Crippen LogP contribution is 2.11. The van der Waals surface area contributed by atoms with Crippen LogP contribution >= 0.6 is 0 Å². The third-order valence-electron chi connectivity index (χ3n) is 1.88. The third-order valence-corrected chi connectivity index (χ3v) is 1.88. The highest BCUT2D eigenvalue weighted by Gasteiger charge is 2.13. The van der Waals surface area contributed by atoms with Crippen LogP contribution in [0, 0.1) is 6.92 Å². The molecule has 0 aliphatic heterocycles. The zero-order chi connectivity index (χ0) is 10.3. The molecule has 0 unspecified atom stereocenters. The van der Waals surface area contributed by atoms with Gasteiger partial charge in [0.15, 0.2) is 0 Å². The number of nitrogens with zero attached hydrogens (tertiary/aromatic N) is 1. The minimum Gasteiger partial charge on any atom is -0.478 e. The van der Waals surface area contributed by atoms with E-state index in [0.29, 0.717) is 5.82 Å². The van der Waals surface area contributed by atoms with Crippen molar-refractivity contribution in [1.29, 1.82) is 0 Å². The average Bonchev–Trinajstić information content (AvgIpc) is 2.47. The first-order valence-corrected chi connectivity index (χ1v) is 3.91. The lowest BCUT2D eigenvalue weighted by Crippen LogP contribution is -2.10. The van der Waals surface area contributed by atoms with Gasteiger partial charge in [-0.3, -0.25) is 4.79 Å². The summed E-state index contributed by atoms with van der Waals surface area (Å²) in [5.74, 6) is -0.710. The highest BCUT2D eigenvalue weighted by atomic mass is 16.4. The molecule has 2 aromatic rings. The number of H-pyrrole nitrogens is 2. The van der Waals surface area contributed by atoms with E-state index in [2.05, 4.69) is 15.0 Å². The molecule has 0 aromatic carbocycles. The standard InChI is InChI=1S/C8H7N3O3/c1-3-10-5-4(8(13)14)2-9-6(5)7(12)11-3/h2,9H,1H3,(H,13,14)(H,10,11,12). The predicted octanol–water partition coefficient (Wildman–Crippen LogP) is 0.258. The fourth-order valence-corrected chi connectivity index (χ4v) is 1.29. The van der Waals surface area contributed by atoms with Gasteiger partial charge in [-0.15, -0.1) is 0 Å². The van der Waals surface area contributed by atoms with Gasteiger partial charge in [0.2, 0.25) is 0 Å². The van der Waals surface area contributed by atoms with E-state index in [4.69, 9.17) is 5.11 Å². The first-order valence-electron chi connectivity index (χ1n) is 3.91. The number of aromatic carboxylic acids is 1. The molecule has 2 heterocycles. The van der Waals surface area contributed by atoms with Crippen LogP contribution in [0.5, 0.6) is 0 Å². The van der Waals surface area contributed by atoms with Gasteiger partial charge >= 0.3 is 5.97 Å². The Kier molecular flexibility index (Phi) is 1.63.